The van der Waals surface area contributed by atoms with Gasteiger partial charge in [0, 0.05) is 23.0 Å². The molecule has 1 fully saturated rings. The monoisotopic (exact) mass is 491 g/mol. The average Bonchev–Trinajstić information content (AvgIpc) is 3.43. The average molecular weight is 492 g/mol. The molecule has 0 radical (unpaired) electrons. The molecule has 5 nitrogen and oxygen atoms in total. The zero-order valence-corrected chi connectivity index (χ0v) is 20.1. The van der Waals surface area contributed by atoms with Crippen LogP contribution >= 0.6 is 22.7 Å². The summed E-state index contributed by atoms with van der Waals surface area (Å²) in [6.45, 7) is 0.487. The van der Waals surface area contributed by atoms with Crippen LogP contribution in [-0.2, 0) is 22.9 Å². The smallest absolute Gasteiger partial charge is 0.250 e. The van der Waals surface area contributed by atoms with Crippen LogP contribution in [-0.4, -0.2) is 26.0 Å². The van der Waals surface area contributed by atoms with Gasteiger partial charge in [0.05, 0.1) is 5.69 Å². The Kier molecular flexibility index (Phi) is 6.33. The molecule has 2 aromatic heterocycles. The standard InChI is InChI=1S/C23H26FN3O2S3/c24-17-9-8-16-3-1-4-20-22(19(16)13-17)27-23(31-20)26-18-10-6-15(7-11-18)14-25-32(28,29)21-5-2-12-30-21/h2,5,8-9,12-13,15,18,25H,1,3-4,6-7,10-11,14H2,(H,26,27). The maximum Gasteiger partial charge on any atom is 0.250 e. The van der Waals surface area contributed by atoms with E-state index in [0.717, 1.165) is 61.3 Å². The molecular formula is C23H26FN3O2S3. The van der Waals surface area contributed by atoms with Gasteiger partial charge in [-0.3, -0.25) is 0 Å². The van der Waals surface area contributed by atoms with Crippen molar-refractivity contribution in [2.45, 2.75) is 55.2 Å². The van der Waals surface area contributed by atoms with Crippen LogP contribution in [0.25, 0.3) is 11.3 Å². The zero-order valence-electron chi connectivity index (χ0n) is 17.6. The Morgan fingerprint density at radius 1 is 1.12 bits per heavy atom. The molecule has 1 saturated carbocycles. The number of aryl methyl sites for hydroxylation is 2. The number of halogens is 1. The van der Waals surface area contributed by atoms with E-state index >= 15 is 0 Å². The largest absolute Gasteiger partial charge is 0.359 e. The van der Waals surface area contributed by atoms with Gasteiger partial charge in [-0.1, -0.05) is 12.1 Å². The van der Waals surface area contributed by atoms with Gasteiger partial charge in [0.2, 0.25) is 10.0 Å². The van der Waals surface area contributed by atoms with Gasteiger partial charge in [-0.25, -0.2) is 22.5 Å². The van der Waals surface area contributed by atoms with Gasteiger partial charge in [-0.2, -0.15) is 0 Å². The van der Waals surface area contributed by atoms with Gasteiger partial charge in [-0.15, -0.1) is 22.7 Å². The van der Waals surface area contributed by atoms with Crippen LogP contribution in [0.2, 0.25) is 0 Å². The number of nitrogens with zero attached hydrogens (tertiary/aromatic N) is 1. The molecule has 9 heteroatoms. The second-order valence-corrected chi connectivity index (χ2v) is 12.6. The van der Waals surface area contributed by atoms with Crippen LogP contribution in [0.4, 0.5) is 9.52 Å². The molecule has 0 atom stereocenters. The number of thiophene rings is 1. The molecular weight excluding hydrogens is 465 g/mol. The van der Waals surface area contributed by atoms with Crippen molar-refractivity contribution in [1.29, 1.82) is 0 Å². The maximum absolute atomic E-state index is 13.9. The second kappa shape index (κ2) is 9.21. The molecule has 2 heterocycles. The molecule has 0 unspecified atom stereocenters. The highest BCUT2D eigenvalue weighted by Gasteiger charge is 2.25. The summed E-state index contributed by atoms with van der Waals surface area (Å²) in [7, 11) is -3.39. The Labute approximate surface area is 196 Å². The highest BCUT2D eigenvalue weighted by Crippen LogP contribution is 2.38. The Morgan fingerprint density at radius 2 is 1.97 bits per heavy atom. The van der Waals surface area contributed by atoms with Crippen molar-refractivity contribution in [2.24, 2.45) is 5.92 Å². The predicted octanol–water partition coefficient (Wildman–Crippen LogP) is 5.45. The molecule has 5 rings (SSSR count). The fourth-order valence-corrected chi connectivity index (χ4v) is 7.87. The van der Waals surface area contributed by atoms with E-state index in [-0.39, 0.29) is 5.82 Å². The molecule has 1 aromatic carbocycles. The summed E-state index contributed by atoms with van der Waals surface area (Å²) in [6, 6.07) is 8.77. The molecule has 0 amide bonds. The normalized spacial score (nSPS) is 20.9. The summed E-state index contributed by atoms with van der Waals surface area (Å²) in [4.78, 5) is 6.08. The van der Waals surface area contributed by atoms with Crippen molar-refractivity contribution in [1.82, 2.24) is 9.71 Å². The minimum Gasteiger partial charge on any atom is -0.359 e. The van der Waals surface area contributed by atoms with E-state index in [2.05, 4.69) is 10.0 Å². The molecule has 0 saturated heterocycles. The van der Waals surface area contributed by atoms with Gasteiger partial charge in [0.15, 0.2) is 5.13 Å². The minimum atomic E-state index is -3.39. The lowest BCUT2D eigenvalue weighted by molar-refractivity contribution is 0.337. The second-order valence-electron chi connectivity index (χ2n) is 8.59. The predicted molar refractivity (Wildman–Crippen MR) is 128 cm³/mol. The maximum atomic E-state index is 13.9. The molecule has 2 N–H and O–H groups in total. The van der Waals surface area contributed by atoms with Crippen molar-refractivity contribution in [3.63, 3.8) is 0 Å². The number of nitrogens with one attached hydrogen (secondary N) is 2. The Balaban J connectivity index is 1.18. The first-order chi connectivity index (χ1) is 15.5. The number of hydrogen-bond acceptors (Lipinski definition) is 6. The first-order valence-corrected chi connectivity index (χ1v) is 14.2. The number of rotatable bonds is 6. The first kappa shape index (κ1) is 22.0. The Morgan fingerprint density at radius 3 is 2.75 bits per heavy atom. The fourth-order valence-electron chi connectivity index (χ4n) is 4.62. The minimum absolute atomic E-state index is 0.216. The van der Waals surface area contributed by atoms with Crippen molar-refractivity contribution in [3.8, 4) is 11.3 Å². The third-order valence-electron chi connectivity index (χ3n) is 6.37. The van der Waals surface area contributed by atoms with Crippen molar-refractivity contribution in [2.75, 3.05) is 11.9 Å². The van der Waals surface area contributed by atoms with Gasteiger partial charge in [0.25, 0.3) is 0 Å². The number of sulfonamides is 1. The summed E-state index contributed by atoms with van der Waals surface area (Å²) >= 11 is 2.93. The quantitative estimate of drug-likeness (QED) is 0.481. The first-order valence-electron chi connectivity index (χ1n) is 11.1. The highest BCUT2D eigenvalue weighted by molar-refractivity contribution is 7.91. The van der Waals surface area contributed by atoms with Crippen molar-refractivity contribution >= 4 is 37.8 Å². The van der Waals surface area contributed by atoms with E-state index in [1.165, 1.54) is 27.8 Å². The van der Waals surface area contributed by atoms with Crippen LogP contribution < -0.4 is 10.0 Å². The summed E-state index contributed by atoms with van der Waals surface area (Å²) in [5, 5.41) is 6.28. The third kappa shape index (κ3) is 4.76. The molecule has 3 aromatic rings. The van der Waals surface area contributed by atoms with E-state index in [4.69, 9.17) is 4.98 Å². The van der Waals surface area contributed by atoms with Gasteiger partial charge < -0.3 is 5.32 Å². The number of benzene rings is 1. The van der Waals surface area contributed by atoms with E-state index in [0.29, 0.717) is 22.7 Å². The highest BCUT2D eigenvalue weighted by atomic mass is 32.2. The van der Waals surface area contributed by atoms with E-state index in [1.807, 2.05) is 6.07 Å². The number of fused-ring (bicyclic) bond motifs is 3. The Bertz CT molecular complexity index is 1180. The lowest BCUT2D eigenvalue weighted by atomic mass is 9.86. The summed E-state index contributed by atoms with van der Waals surface area (Å²) < 4.78 is 41.7. The third-order valence-corrected chi connectivity index (χ3v) is 10.2. The zero-order chi connectivity index (χ0) is 22.1. The van der Waals surface area contributed by atoms with E-state index in [9.17, 15) is 12.8 Å². The number of anilines is 1. The Hall–Kier alpha value is -1.81. The lowest BCUT2D eigenvalue weighted by Gasteiger charge is -2.29. The molecule has 32 heavy (non-hydrogen) atoms. The van der Waals surface area contributed by atoms with Crippen LogP contribution in [0.1, 0.15) is 42.5 Å². The fraction of sp³-hybridized carbons (Fsp3) is 0.435. The molecule has 2 aliphatic rings. The SMILES string of the molecule is O=S(=O)(NCC1CCC(Nc2nc3c(s2)CCCc2ccc(F)cc2-3)CC1)c1cccs1. The van der Waals surface area contributed by atoms with Gasteiger partial charge in [0.1, 0.15) is 10.0 Å². The summed E-state index contributed by atoms with van der Waals surface area (Å²) in [6.07, 6.45) is 6.92. The van der Waals surface area contributed by atoms with Crippen LogP contribution in [0.3, 0.4) is 0 Å². The molecule has 0 aliphatic heterocycles. The van der Waals surface area contributed by atoms with Crippen LogP contribution in [0.15, 0.2) is 39.9 Å². The van der Waals surface area contributed by atoms with E-state index in [1.54, 1.807) is 34.9 Å². The van der Waals surface area contributed by atoms with Gasteiger partial charge >= 0.3 is 0 Å². The van der Waals surface area contributed by atoms with Crippen molar-refractivity contribution in [3.05, 3.63) is 52.0 Å². The number of hydrogen-bond donors (Lipinski definition) is 2. The van der Waals surface area contributed by atoms with Crippen LogP contribution in [0.5, 0.6) is 0 Å². The van der Waals surface area contributed by atoms with E-state index < -0.39 is 10.0 Å². The topological polar surface area (TPSA) is 71.1 Å². The number of aromatic nitrogens is 1. The number of thiazole rings is 1. The van der Waals surface area contributed by atoms with Crippen LogP contribution in [0, 0.1) is 11.7 Å². The molecule has 0 spiro atoms. The molecule has 0 bridgehead atoms. The molecule has 2 aliphatic carbocycles. The molecule has 170 valence electrons. The summed E-state index contributed by atoms with van der Waals surface area (Å²) in [5.41, 5.74) is 3.04. The lowest BCUT2D eigenvalue weighted by Crippen LogP contribution is -2.33. The van der Waals surface area contributed by atoms with Crippen molar-refractivity contribution < 1.29 is 12.8 Å². The van der Waals surface area contributed by atoms with Gasteiger partial charge in [-0.05, 0) is 80.0 Å². The summed E-state index contributed by atoms with van der Waals surface area (Å²) in [5.74, 6) is 0.137.